The fourth-order valence-electron chi connectivity index (χ4n) is 2.75. The summed E-state index contributed by atoms with van der Waals surface area (Å²) in [5, 5.41) is 2.96. The molecule has 0 radical (unpaired) electrons. The van der Waals surface area contributed by atoms with Crippen LogP contribution in [0.4, 0.5) is 0 Å². The van der Waals surface area contributed by atoms with Crippen molar-refractivity contribution in [2.24, 2.45) is 0 Å². The van der Waals surface area contributed by atoms with Crippen LogP contribution in [0.15, 0.2) is 41.3 Å². The van der Waals surface area contributed by atoms with Gasteiger partial charge < -0.3 is 14.8 Å². The van der Waals surface area contributed by atoms with Crippen LogP contribution in [-0.4, -0.2) is 52.5 Å². The quantitative estimate of drug-likeness (QED) is 0.628. The van der Waals surface area contributed by atoms with E-state index in [1.807, 2.05) is 12.1 Å². The highest BCUT2D eigenvalue weighted by Crippen LogP contribution is 2.25. The summed E-state index contributed by atoms with van der Waals surface area (Å²) in [5.74, 6) is 0.888. The monoisotopic (exact) mass is 454 g/mol. The van der Waals surface area contributed by atoms with E-state index in [9.17, 15) is 13.2 Å². The topological polar surface area (TPSA) is 84.9 Å². The van der Waals surface area contributed by atoms with E-state index in [0.29, 0.717) is 24.5 Å². The fourth-order valence-corrected chi connectivity index (χ4v) is 4.34. The van der Waals surface area contributed by atoms with Crippen LogP contribution < -0.4 is 14.8 Å². The summed E-state index contributed by atoms with van der Waals surface area (Å²) in [6.07, 6.45) is 0.518. The standard InChI is InChI=1S/C21H27ClN2O5S/c1-14(2)24(3)30(26,27)17-8-9-19(22)18(13-17)21(25)23-11-10-15-6-7-16(28-4)12-20(15)29-5/h6-9,12-14H,10-11H2,1-5H3,(H,23,25). The number of halogens is 1. The Hall–Kier alpha value is -2.29. The lowest BCUT2D eigenvalue weighted by molar-refractivity contribution is 0.0954. The lowest BCUT2D eigenvalue weighted by Gasteiger charge is -2.21. The van der Waals surface area contributed by atoms with E-state index in [4.69, 9.17) is 21.1 Å². The molecule has 0 heterocycles. The lowest BCUT2D eigenvalue weighted by atomic mass is 10.1. The highest BCUT2D eigenvalue weighted by molar-refractivity contribution is 7.89. The Kier molecular flexibility index (Phi) is 8.11. The third kappa shape index (κ3) is 5.44. The fraction of sp³-hybridized carbons (Fsp3) is 0.381. The van der Waals surface area contributed by atoms with E-state index in [2.05, 4.69) is 5.32 Å². The van der Waals surface area contributed by atoms with Gasteiger partial charge in [0, 0.05) is 25.7 Å². The number of rotatable bonds is 9. The van der Waals surface area contributed by atoms with Gasteiger partial charge in [0.15, 0.2) is 0 Å². The SMILES string of the molecule is COc1ccc(CCNC(=O)c2cc(S(=O)(=O)N(C)C(C)C)ccc2Cl)c(OC)c1. The number of carbonyl (C=O) groups is 1. The highest BCUT2D eigenvalue weighted by Gasteiger charge is 2.25. The smallest absolute Gasteiger partial charge is 0.252 e. The number of methoxy groups -OCH3 is 2. The molecule has 0 unspecified atom stereocenters. The van der Waals surface area contributed by atoms with Crippen LogP contribution in [0.1, 0.15) is 29.8 Å². The minimum atomic E-state index is -3.72. The van der Waals surface area contributed by atoms with E-state index >= 15 is 0 Å². The van der Waals surface area contributed by atoms with E-state index in [0.717, 1.165) is 5.56 Å². The molecular weight excluding hydrogens is 428 g/mol. The Morgan fingerprint density at radius 2 is 1.83 bits per heavy atom. The Bertz CT molecular complexity index is 1010. The zero-order chi connectivity index (χ0) is 22.5. The Morgan fingerprint density at radius 1 is 1.13 bits per heavy atom. The summed E-state index contributed by atoms with van der Waals surface area (Å²) in [4.78, 5) is 12.7. The summed E-state index contributed by atoms with van der Waals surface area (Å²) >= 11 is 6.16. The van der Waals surface area contributed by atoms with Gasteiger partial charge in [-0.2, -0.15) is 4.31 Å². The van der Waals surface area contributed by atoms with E-state index < -0.39 is 15.9 Å². The number of sulfonamides is 1. The normalized spacial score (nSPS) is 11.6. The molecule has 2 rings (SSSR count). The van der Waals surface area contributed by atoms with Gasteiger partial charge in [0.25, 0.3) is 5.91 Å². The first kappa shape index (κ1) is 24.0. The van der Waals surface area contributed by atoms with Crippen molar-refractivity contribution in [1.29, 1.82) is 0 Å². The first-order chi connectivity index (χ1) is 14.1. The highest BCUT2D eigenvalue weighted by atomic mass is 35.5. The number of carbonyl (C=O) groups excluding carboxylic acids is 1. The third-order valence-electron chi connectivity index (χ3n) is 4.76. The summed E-state index contributed by atoms with van der Waals surface area (Å²) in [6.45, 7) is 3.86. The largest absolute Gasteiger partial charge is 0.497 e. The van der Waals surface area contributed by atoms with Crippen LogP contribution in [0.25, 0.3) is 0 Å². The van der Waals surface area contributed by atoms with Crippen LogP contribution in [0.5, 0.6) is 11.5 Å². The number of amides is 1. The molecular formula is C21H27ClN2O5S. The second kappa shape index (κ2) is 10.1. The van der Waals surface area contributed by atoms with Gasteiger partial charge in [-0.3, -0.25) is 4.79 Å². The van der Waals surface area contributed by atoms with Crippen molar-refractivity contribution in [3.8, 4) is 11.5 Å². The molecule has 30 heavy (non-hydrogen) atoms. The number of hydrogen-bond donors (Lipinski definition) is 1. The molecule has 0 aliphatic rings. The molecule has 0 aliphatic carbocycles. The van der Waals surface area contributed by atoms with E-state index in [1.54, 1.807) is 34.1 Å². The molecule has 164 valence electrons. The van der Waals surface area contributed by atoms with Crippen molar-refractivity contribution < 1.29 is 22.7 Å². The van der Waals surface area contributed by atoms with Crippen LogP contribution in [0, 0.1) is 0 Å². The summed E-state index contributed by atoms with van der Waals surface area (Å²) in [5.41, 5.74) is 1.01. The van der Waals surface area contributed by atoms with Crippen molar-refractivity contribution in [3.63, 3.8) is 0 Å². The Labute approximate surface area is 183 Å². The molecule has 0 aliphatic heterocycles. The van der Waals surface area contributed by atoms with Crippen molar-refractivity contribution in [3.05, 3.63) is 52.5 Å². The molecule has 0 aromatic heterocycles. The molecule has 2 aromatic carbocycles. The van der Waals surface area contributed by atoms with Crippen molar-refractivity contribution in [2.75, 3.05) is 27.8 Å². The maximum Gasteiger partial charge on any atom is 0.252 e. The van der Waals surface area contributed by atoms with Gasteiger partial charge in [0.1, 0.15) is 11.5 Å². The van der Waals surface area contributed by atoms with Crippen LogP contribution in [-0.2, 0) is 16.4 Å². The molecule has 2 aromatic rings. The van der Waals surface area contributed by atoms with Gasteiger partial charge in [0.05, 0.1) is 29.7 Å². The Balaban J connectivity index is 2.14. The van der Waals surface area contributed by atoms with Gasteiger partial charge in [0.2, 0.25) is 10.0 Å². The predicted molar refractivity (Wildman–Crippen MR) is 117 cm³/mol. The van der Waals surface area contributed by atoms with Crippen molar-refractivity contribution in [1.82, 2.24) is 9.62 Å². The zero-order valence-electron chi connectivity index (χ0n) is 17.7. The van der Waals surface area contributed by atoms with Gasteiger partial charge in [-0.25, -0.2) is 8.42 Å². The minimum absolute atomic E-state index is 0.0186. The molecule has 7 nitrogen and oxygen atoms in total. The Morgan fingerprint density at radius 3 is 2.43 bits per heavy atom. The van der Waals surface area contributed by atoms with Crippen molar-refractivity contribution >= 4 is 27.5 Å². The van der Waals surface area contributed by atoms with Crippen LogP contribution in [0.3, 0.4) is 0 Å². The second-order valence-corrected chi connectivity index (χ2v) is 9.35. The van der Waals surface area contributed by atoms with Gasteiger partial charge in [-0.1, -0.05) is 17.7 Å². The predicted octanol–water partition coefficient (Wildman–Crippen LogP) is 3.36. The zero-order valence-corrected chi connectivity index (χ0v) is 19.3. The first-order valence-corrected chi connectivity index (χ1v) is 11.2. The average molecular weight is 455 g/mol. The molecule has 0 spiro atoms. The number of ether oxygens (including phenoxy) is 2. The molecule has 1 amide bonds. The molecule has 0 fully saturated rings. The molecule has 0 saturated heterocycles. The van der Waals surface area contributed by atoms with Crippen LogP contribution >= 0.6 is 11.6 Å². The summed E-state index contributed by atoms with van der Waals surface area (Å²) in [7, 11) is 0.914. The number of benzene rings is 2. The summed E-state index contributed by atoms with van der Waals surface area (Å²) < 4.78 is 37.2. The minimum Gasteiger partial charge on any atom is -0.497 e. The lowest BCUT2D eigenvalue weighted by Crippen LogP contribution is -2.33. The molecule has 0 bridgehead atoms. The maximum absolute atomic E-state index is 12.7. The first-order valence-electron chi connectivity index (χ1n) is 9.38. The van der Waals surface area contributed by atoms with E-state index in [-0.39, 0.29) is 21.5 Å². The molecule has 0 saturated carbocycles. The van der Waals surface area contributed by atoms with Gasteiger partial charge >= 0.3 is 0 Å². The second-order valence-electron chi connectivity index (χ2n) is 6.94. The van der Waals surface area contributed by atoms with Crippen molar-refractivity contribution in [2.45, 2.75) is 31.2 Å². The number of hydrogen-bond acceptors (Lipinski definition) is 5. The van der Waals surface area contributed by atoms with E-state index in [1.165, 1.54) is 29.6 Å². The number of nitrogens with one attached hydrogen (secondary N) is 1. The molecule has 9 heteroatoms. The third-order valence-corrected chi connectivity index (χ3v) is 7.12. The van der Waals surface area contributed by atoms with Gasteiger partial charge in [-0.15, -0.1) is 0 Å². The molecule has 0 atom stereocenters. The average Bonchev–Trinajstić information content (AvgIpc) is 2.73. The van der Waals surface area contributed by atoms with Gasteiger partial charge in [-0.05, 0) is 50.1 Å². The maximum atomic E-state index is 12.7. The number of nitrogens with zero attached hydrogens (tertiary/aromatic N) is 1. The van der Waals surface area contributed by atoms with Crippen LogP contribution in [0.2, 0.25) is 5.02 Å². The molecule has 1 N–H and O–H groups in total. The summed E-state index contributed by atoms with van der Waals surface area (Å²) in [6, 6.07) is 9.36.